The molecule has 4 heteroatoms. The van der Waals surface area contributed by atoms with Gasteiger partial charge >= 0.3 is 0 Å². The fourth-order valence-corrected chi connectivity index (χ4v) is 3.67. The van der Waals surface area contributed by atoms with Gasteiger partial charge in [0.05, 0.1) is 0 Å². The summed E-state index contributed by atoms with van der Waals surface area (Å²) in [4.78, 5) is 27.2. The Labute approximate surface area is 158 Å². The smallest absolute Gasteiger partial charge is 0.254 e. The van der Waals surface area contributed by atoms with Crippen molar-refractivity contribution in [3.63, 3.8) is 0 Å². The summed E-state index contributed by atoms with van der Waals surface area (Å²) in [7, 11) is 0. The van der Waals surface area contributed by atoms with Crippen molar-refractivity contribution < 1.29 is 9.59 Å². The highest BCUT2D eigenvalue weighted by molar-refractivity contribution is 6.07. The number of hydrogen-bond donors (Lipinski definition) is 1. The number of nitrogens with zero attached hydrogens (tertiary/aromatic N) is 1. The van der Waals surface area contributed by atoms with Gasteiger partial charge in [0.2, 0.25) is 0 Å². The minimum Gasteiger partial charge on any atom is -0.349 e. The van der Waals surface area contributed by atoms with Crippen molar-refractivity contribution >= 4 is 22.6 Å². The predicted molar refractivity (Wildman–Crippen MR) is 107 cm³/mol. The molecule has 3 aromatic rings. The molecule has 1 aliphatic rings. The lowest BCUT2D eigenvalue weighted by atomic mass is 10.0. The van der Waals surface area contributed by atoms with Crippen molar-refractivity contribution in [2.45, 2.75) is 18.9 Å². The Balaban J connectivity index is 1.40. The summed E-state index contributed by atoms with van der Waals surface area (Å²) in [6.45, 7) is 1.31. The molecule has 2 amide bonds. The number of nitrogens with one attached hydrogen (secondary N) is 1. The molecule has 1 N–H and O–H groups in total. The Hall–Kier alpha value is -3.14. The second kappa shape index (κ2) is 7.62. The fraction of sp³-hybridized carbons (Fsp3) is 0.217. The van der Waals surface area contributed by atoms with Gasteiger partial charge in [0.25, 0.3) is 11.8 Å². The van der Waals surface area contributed by atoms with Crippen molar-refractivity contribution in [2.24, 2.45) is 0 Å². The molecule has 0 saturated carbocycles. The zero-order chi connectivity index (χ0) is 18.6. The molecule has 27 heavy (non-hydrogen) atoms. The summed E-state index contributed by atoms with van der Waals surface area (Å²) in [5.41, 5.74) is 1.42. The molecule has 0 aromatic heterocycles. The lowest BCUT2D eigenvalue weighted by Gasteiger charge is -2.32. The highest BCUT2D eigenvalue weighted by Gasteiger charge is 2.25. The minimum atomic E-state index is -0.0468. The number of carbonyl (C=O) groups excluding carboxylic acids is 2. The zero-order valence-electron chi connectivity index (χ0n) is 15.1. The van der Waals surface area contributed by atoms with Crippen molar-refractivity contribution in [3.05, 3.63) is 83.9 Å². The third-order valence-corrected chi connectivity index (χ3v) is 5.17. The van der Waals surface area contributed by atoms with Gasteiger partial charge < -0.3 is 10.2 Å². The lowest BCUT2D eigenvalue weighted by molar-refractivity contribution is 0.0700. The molecule has 1 fully saturated rings. The second-order valence-electron chi connectivity index (χ2n) is 6.93. The van der Waals surface area contributed by atoms with Gasteiger partial charge in [0.1, 0.15) is 0 Å². The van der Waals surface area contributed by atoms with Crippen molar-refractivity contribution in [1.82, 2.24) is 10.2 Å². The van der Waals surface area contributed by atoms with Gasteiger partial charge in [-0.1, -0.05) is 54.6 Å². The molecule has 0 aliphatic carbocycles. The number of benzene rings is 3. The molecule has 136 valence electrons. The Bertz CT molecular complexity index is 955. The van der Waals surface area contributed by atoms with Crippen LogP contribution in [-0.4, -0.2) is 35.8 Å². The molecule has 1 saturated heterocycles. The van der Waals surface area contributed by atoms with E-state index in [1.807, 2.05) is 77.7 Å². The summed E-state index contributed by atoms with van der Waals surface area (Å²) in [5.74, 6) is 0.0223. The zero-order valence-corrected chi connectivity index (χ0v) is 15.1. The Kier molecular flexibility index (Phi) is 4.88. The highest BCUT2D eigenvalue weighted by Crippen LogP contribution is 2.22. The van der Waals surface area contributed by atoms with E-state index >= 15 is 0 Å². The number of rotatable bonds is 3. The van der Waals surface area contributed by atoms with Gasteiger partial charge in [0.15, 0.2) is 0 Å². The number of carbonyl (C=O) groups is 2. The van der Waals surface area contributed by atoms with Crippen molar-refractivity contribution in [3.8, 4) is 0 Å². The molecule has 1 aliphatic heterocycles. The summed E-state index contributed by atoms with van der Waals surface area (Å²) in [6, 6.07) is 23.2. The van der Waals surface area contributed by atoms with Gasteiger partial charge in [-0.05, 0) is 41.8 Å². The maximum Gasteiger partial charge on any atom is 0.254 e. The maximum atomic E-state index is 13.0. The van der Waals surface area contributed by atoms with Gasteiger partial charge in [-0.2, -0.15) is 0 Å². The van der Waals surface area contributed by atoms with Crippen LogP contribution in [0.5, 0.6) is 0 Å². The van der Waals surface area contributed by atoms with Gasteiger partial charge in [0, 0.05) is 30.3 Å². The van der Waals surface area contributed by atoms with Crippen LogP contribution in [0.4, 0.5) is 0 Å². The van der Waals surface area contributed by atoms with Gasteiger partial charge in [-0.25, -0.2) is 0 Å². The van der Waals surface area contributed by atoms with Crippen LogP contribution in [0.2, 0.25) is 0 Å². The molecule has 0 unspecified atom stereocenters. The third kappa shape index (κ3) is 3.70. The SMILES string of the molecule is O=C(NC1CCN(C(=O)c2cccc3ccccc23)CC1)c1ccccc1. The number of likely N-dealkylation sites (tertiary alicyclic amines) is 1. The van der Waals surface area contributed by atoms with E-state index in [0.717, 1.165) is 29.2 Å². The van der Waals surface area contributed by atoms with Crippen LogP contribution in [0.3, 0.4) is 0 Å². The summed E-state index contributed by atoms with van der Waals surface area (Å²) >= 11 is 0. The van der Waals surface area contributed by atoms with E-state index in [4.69, 9.17) is 0 Å². The van der Waals surface area contributed by atoms with Gasteiger partial charge in [-0.3, -0.25) is 9.59 Å². The maximum absolute atomic E-state index is 13.0. The van der Waals surface area contributed by atoms with Crippen molar-refractivity contribution in [1.29, 1.82) is 0 Å². The van der Waals surface area contributed by atoms with E-state index in [2.05, 4.69) is 5.32 Å². The summed E-state index contributed by atoms with van der Waals surface area (Å²) < 4.78 is 0. The van der Waals surface area contributed by atoms with Crippen LogP contribution in [0, 0.1) is 0 Å². The first-order valence-corrected chi connectivity index (χ1v) is 9.35. The summed E-state index contributed by atoms with van der Waals surface area (Å²) in [6.07, 6.45) is 1.55. The molecule has 4 rings (SSSR count). The number of hydrogen-bond acceptors (Lipinski definition) is 2. The first kappa shape index (κ1) is 17.3. The predicted octanol–water partition coefficient (Wildman–Crippen LogP) is 3.87. The lowest BCUT2D eigenvalue weighted by Crippen LogP contribution is -2.46. The van der Waals surface area contributed by atoms with E-state index in [9.17, 15) is 9.59 Å². The van der Waals surface area contributed by atoms with Crippen LogP contribution in [0.15, 0.2) is 72.8 Å². The Morgan fingerprint density at radius 2 is 1.48 bits per heavy atom. The summed E-state index contributed by atoms with van der Waals surface area (Å²) in [5, 5.41) is 5.15. The van der Waals surface area contributed by atoms with E-state index < -0.39 is 0 Å². The van der Waals surface area contributed by atoms with Gasteiger partial charge in [-0.15, -0.1) is 0 Å². The van der Waals surface area contributed by atoms with Crippen LogP contribution >= 0.6 is 0 Å². The molecule has 0 bridgehead atoms. The third-order valence-electron chi connectivity index (χ3n) is 5.17. The van der Waals surface area contributed by atoms with E-state index in [1.165, 1.54) is 0 Å². The molecule has 3 aromatic carbocycles. The first-order chi connectivity index (χ1) is 13.2. The average Bonchev–Trinajstić information content (AvgIpc) is 2.74. The Morgan fingerprint density at radius 3 is 2.26 bits per heavy atom. The van der Waals surface area contributed by atoms with E-state index in [0.29, 0.717) is 18.7 Å². The molecular weight excluding hydrogens is 336 g/mol. The quantitative estimate of drug-likeness (QED) is 0.773. The first-order valence-electron chi connectivity index (χ1n) is 9.35. The molecular formula is C23H22N2O2. The Morgan fingerprint density at radius 1 is 0.815 bits per heavy atom. The molecule has 1 heterocycles. The van der Waals surface area contributed by atoms with Crippen LogP contribution in [0.25, 0.3) is 10.8 Å². The number of amides is 2. The highest BCUT2D eigenvalue weighted by atomic mass is 16.2. The number of piperidine rings is 1. The van der Waals surface area contributed by atoms with Crippen LogP contribution in [0.1, 0.15) is 33.6 Å². The number of fused-ring (bicyclic) bond motifs is 1. The monoisotopic (exact) mass is 358 g/mol. The average molecular weight is 358 g/mol. The topological polar surface area (TPSA) is 49.4 Å². The molecule has 0 spiro atoms. The minimum absolute atomic E-state index is 0.0468. The van der Waals surface area contributed by atoms with Crippen LogP contribution in [-0.2, 0) is 0 Å². The largest absolute Gasteiger partial charge is 0.349 e. The molecule has 4 nitrogen and oxygen atoms in total. The van der Waals surface area contributed by atoms with E-state index in [-0.39, 0.29) is 17.9 Å². The molecule has 0 radical (unpaired) electrons. The fourth-order valence-electron chi connectivity index (χ4n) is 3.67. The normalized spacial score (nSPS) is 14.9. The van der Waals surface area contributed by atoms with Crippen LogP contribution < -0.4 is 5.32 Å². The second-order valence-corrected chi connectivity index (χ2v) is 6.93. The van der Waals surface area contributed by atoms with E-state index in [1.54, 1.807) is 0 Å². The standard InChI is InChI=1S/C23H22N2O2/c26-22(18-8-2-1-3-9-18)24-19-13-15-25(16-14-19)23(27)21-12-6-10-17-7-4-5-11-20(17)21/h1-12,19H,13-16H2,(H,24,26). The van der Waals surface area contributed by atoms with Crippen molar-refractivity contribution in [2.75, 3.05) is 13.1 Å². The molecule has 0 atom stereocenters.